The molecule has 0 spiro atoms. The molecule has 0 unspecified atom stereocenters. The summed E-state index contributed by atoms with van der Waals surface area (Å²) in [6.07, 6.45) is 5.21. The lowest BCUT2D eigenvalue weighted by molar-refractivity contribution is 0.0962. The third-order valence-corrected chi connectivity index (χ3v) is 5.79. The monoisotopic (exact) mass is 382 g/mol. The summed E-state index contributed by atoms with van der Waals surface area (Å²) in [7, 11) is 1.66. The Morgan fingerprint density at radius 2 is 2.11 bits per heavy atom. The van der Waals surface area contributed by atoms with Gasteiger partial charge in [0.25, 0.3) is 5.78 Å². The number of hydrogen-bond acceptors (Lipinski definition) is 6. The van der Waals surface area contributed by atoms with E-state index < -0.39 is 0 Å². The standard InChI is InChI=1S/C20H22N4O2S/c1-3-4-9-27-20-22-19-21-16-10-13(14-7-5-6-8-18(14)26-2)11-17(25)15(16)12-24(19)23-20/h5-8,12-13H,3-4,9-11H2,1-2H3/t13-/m1/s1. The molecule has 27 heavy (non-hydrogen) atoms. The number of Topliss-reactive ketones (excluding diaryl/α,β-unsaturated/α-hetero) is 1. The minimum atomic E-state index is 0.0671. The lowest BCUT2D eigenvalue weighted by Crippen LogP contribution is -2.21. The van der Waals surface area contributed by atoms with Gasteiger partial charge in [0.05, 0.1) is 18.4 Å². The number of aromatic nitrogens is 4. The van der Waals surface area contributed by atoms with Crippen molar-refractivity contribution in [2.24, 2.45) is 0 Å². The highest BCUT2D eigenvalue weighted by Gasteiger charge is 2.30. The van der Waals surface area contributed by atoms with Crippen LogP contribution in [0, 0.1) is 0 Å². The average Bonchev–Trinajstić information content (AvgIpc) is 3.08. The number of benzene rings is 1. The van der Waals surface area contributed by atoms with Gasteiger partial charge in [-0.3, -0.25) is 4.79 Å². The van der Waals surface area contributed by atoms with Crippen molar-refractivity contribution in [2.75, 3.05) is 12.9 Å². The van der Waals surface area contributed by atoms with Crippen LogP contribution in [0.5, 0.6) is 5.75 Å². The first kappa shape index (κ1) is 18.0. The van der Waals surface area contributed by atoms with E-state index in [4.69, 9.17) is 4.74 Å². The Bertz CT molecular complexity index is 985. The van der Waals surface area contributed by atoms with E-state index in [2.05, 4.69) is 22.0 Å². The zero-order valence-corrected chi connectivity index (χ0v) is 16.3. The first-order valence-electron chi connectivity index (χ1n) is 9.24. The Kier molecular flexibility index (Phi) is 5.11. The van der Waals surface area contributed by atoms with E-state index >= 15 is 0 Å². The highest BCUT2D eigenvalue weighted by Crippen LogP contribution is 2.36. The maximum Gasteiger partial charge on any atom is 0.253 e. The van der Waals surface area contributed by atoms with Crippen molar-refractivity contribution < 1.29 is 9.53 Å². The fourth-order valence-corrected chi connectivity index (χ4v) is 4.36. The highest BCUT2D eigenvalue weighted by molar-refractivity contribution is 7.99. The molecule has 0 fully saturated rings. The summed E-state index contributed by atoms with van der Waals surface area (Å²) >= 11 is 1.63. The number of hydrogen-bond donors (Lipinski definition) is 0. The molecule has 0 bridgehead atoms. The van der Waals surface area contributed by atoms with Crippen molar-refractivity contribution in [3.63, 3.8) is 0 Å². The van der Waals surface area contributed by atoms with E-state index in [1.807, 2.05) is 24.3 Å². The van der Waals surface area contributed by atoms with Gasteiger partial charge >= 0.3 is 0 Å². The third kappa shape index (κ3) is 3.56. The van der Waals surface area contributed by atoms with Gasteiger partial charge in [-0.25, -0.2) is 9.50 Å². The van der Waals surface area contributed by atoms with Crippen molar-refractivity contribution in [1.82, 2.24) is 19.6 Å². The van der Waals surface area contributed by atoms with E-state index in [9.17, 15) is 4.79 Å². The summed E-state index contributed by atoms with van der Waals surface area (Å²) in [4.78, 5) is 22.0. The lowest BCUT2D eigenvalue weighted by Gasteiger charge is -2.24. The van der Waals surface area contributed by atoms with Crippen molar-refractivity contribution >= 4 is 23.3 Å². The van der Waals surface area contributed by atoms with Gasteiger partial charge < -0.3 is 4.74 Å². The molecule has 0 N–H and O–H groups in total. The predicted octanol–water partition coefficient (Wildman–Crippen LogP) is 3.94. The molecule has 1 atom stereocenters. The van der Waals surface area contributed by atoms with Gasteiger partial charge in [-0.15, -0.1) is 5.10 Å². The number of methoxy groups -OCH3 is 1. The van der Waals surface area contributed by atoms with Crippen LogP contribution in [0.4, 0.5) is 0 Å². The average molecular weight is 382 g/mol. The summed E-state index contributed by atoms with van der Waals surface area (Å²) in [5, 5.41) is 5.18. The number of para-hydroxylation sites is 1. The van der Waals surface area contributed by atoms with Crippen LogP contribution >= 0.6 is 11.8 Å². The van der Waals surface area contributed by atoms with Gasteiger partial charge in [0, 0.05) is 24.3 Å². The number of ketones is 1. The molecule has 2 aromatic heterocycles. The summed E-state index contributed by atoms with van der Waals surface area (Å²) in [6.45, 7) is 2.16. The summed E-state index contributed by atoms with van der Waals surface area (Å²) in [5.41, 5.74) is 2.51. The van der Waals surface area contributed by atoms with Crippen molar-refractivity contribution in [3.8, 4) is 5.75 Å². The van der Waals surface area contributed by atoms with Gasteiger partial charge in [-0.1, -0.05) is 43.3 Å². The number of carbonyl (C=O) groups excluding carboxylic acids is 1. The molecule has 1 aromatic carbocycles. The number of fused-ring (bicyclic) bond motifs is 2. The Morgan fingerprint density at radius 1 is 1.26 bits per heavy atom. The van der Waals surface area contributed by atoms with Crippen LogP contribution in [0.3, 0.4) is 0 Å². The van der Waals surface area contributed by atoms with Crippen LogP contribution in [0.15, 0.2) is 35.6 Å². The van der Waals surface area contributed by atoms with Crippen molar-refractivity contribution in [1.29, 1.82) is 0 Å². The van der Waals surface area contributed by atoms with Crippen LogP contribution in [0.25, 0.3) is 5.78 Å². The lowest BCUT2D eigenvalue weighted by atomic mass is 9.82. The SMILES string of the molecule is CCCCSc1nc2nc3c(cn2n1)C(=O)C[C@H](c1ccccc1OC)C3. The first-order chi connectivity index (χ1) is 13.2. The molecule has 6 nitrogen and oxygen atoms in total. The molecular weight excluding hydrogens is 360 g/mol. The molecular formula is C20H22N4O2S. The quantitative estimate of drug-likeness (QED) is 0.475. The van der Waals surface area contributed by atoms with Gasteiger partial charge in [-0.05, 0) is 24.5 Å². The topological polar surface area (TPSA) is 69.4 Å². The summed E-state index contributed by atoms with van der Waals surface area (Å²) in [6, 6.07) is 7.88. The molecule has 0 saturated heterocycles. The Morgan fingerprint density at radius 3 is 2.93 bits per heavy atom. The molecule has 0 radical (unpaired) electrons. The molecule has 1 aliphatic carbocycles. The van der Waals surface area contributed by atoms with E-state index in [-0.39, 0.29) is 11.7 Å². The van der Waals surface area contributed by atoms with E-state index in [1.165, 1.54) is 0 Å². The van der Waals surface area contributed by atoms with Crippen molar-refractivity contribution in [3.05, 3.63) is 47.3 Å². The fourth-order valence-electron chi connectivity index (χ4n) is 3.46. The number of rotatable bonds is 6. The minimum absolute atomic E-state index is 0.0671. The molecule has 3 aromatic rings. The maximum absolute atomic E-state index is 12.8. The Balaban J connectivity index is 1.65. The van der Waals surface area contributed by atoms with E-state index in [0.717, 1.165) is 35.6 Å². The van der Waals surface area contributed by atoms with Crippen LogP contribution in [0.1, 0.15) is 53.7 Å². The zero-order valence-electron chi connectivity index (χ0n) is 15.5. The largest absolute Gasteiger partial charge is 0.496 e. The minimum Gasteiger partial charge on any atom is -0.496 e. The second kappa shape index (κ2) is 7.68. The van der Waals surface area contributed by atoms with E-state index in [1.54, 1.807) is 29.6 Å². The number of unbranched alkanes of at least 4 members (excludes halogenated alkanes) is 1. The second-order valence-electron chi connectivity index (χ2n) is 6.71. The molecule has 4 rings (SSSR count). The summed E-state index contributed by atoms with van der Waals surface area (Å²) < 4.78 is 7.11. The molecule has 1 aliphatic rings. The van der Waals surface area contributed by atoms with E-state index in [0.29, 0.717) is 29.3 Å². The van der Waals surface area contributed by atoms with Gasteiger partial charge in [0.2, 0.25) is 5.16 Å². The van der Waals surface area contributed by atoms with Crippen LogP contribution < -0.4 is 4.74 Å². The number of carbonyl (C=O) groups is 1. The molecule has 7 heteroatoms. The van der Waals surface area contributed by atoms with Crippen LogP contribution in [0.2, 0.25) is 0 Å². The third-order valence-electron chi connectivity index (χ3n) is 4.87. The first-order valence-corrected chi connectivity index (χ1v) is 10.2. The second-order valence-corrected chi connectivity index (χ2v) is 7.77. The predicted molar refractivity (Wildman–Crippen MR) is 105 cm³/mol. The van der Waals surface area contributed by atoms with Gasteiger partial charge in [0.1, 0.15) is 5.75 Å². The molecule has 2 heterocycles. The Hall–Kier alpha value is -2.41. The number of thioether (sulfide) groups is 1. The molecule has 0 amide bonds. The molecule has 0 aliphatic heterocycles. The Labute approximate surface area is 162 Å². The fraction of sp³-hybridized carbons (Fsp3) is 0.400. The smallest absolute Gasteiger partial charge is 0.253 e. The highest BCUT2D eigenvalue weighted by atomic mass is 32.2. The maximum atomic E-state index is 12.8. The normalized spacial score (nSPS) is 16.5. The van der Waals surface area contributed by atoms with Gasteiger partial charge in [0.15, 0.2) is 5.78 Å². The molecule has 140 valence electrons. The van der Waals surface area contributed by atoms with Crippen LogP contribution in [-0.4, -0.2) is 38.2 Å². The number of nitrogens with zero attached hydrogens (tertiary/aromatic N) is 4. The number of ether oxygens (including phenoxy) is 1. The molecule has 0 saturated carbocycles. The summed E-state index contributed by atoms with van der Waals surface area (Å²) in [5.74, 6) is 2.52. The van der Waals surface area contributed by atoms with Gasteiger partial charge in [-0.2, -0.15) is 4.98 Å². The van der Waals surface area contributed by atoms with Crippen molar-refractivity contribution in [2.45, 2.75) is 43.7 Å². The van der Waals surface area contributed by atoms with Crippen LogP contribution in [-0.2, 0) is 6.42 Å². The zero-order chi connectivity index (χ0) is 18.8.